The van der Waals surface area contributed by atoms with Gasteiger partial charge in [-0.15, -0.1) is 11.3 Å². The van der Waals surface area contributed by atoms with Crippen LogP contribution in [0.4, 0.5) is 5.69 Å². The van der Waals surface area contributed by atoms with Crippen molar-refractivity contribution in [3.8, 4) is 5.13 Å². The van der Waals surface area contributed by atoms with Gasteiger partial charge in [-0.25, -0.2) is 9.67 Å². The number of nitrogens with zero attached hydrogens (tertiary/aromatic N) is 4. The zero-order valence-electron chi connectivity index (χ0n) is 16.3. The van der Waals surface area contributed by atoms with Gasteiger partial charge in [0, 0.05) is 29.3 Å². The molecule has 0 fully saturated rings. The number of thiazole rings is 1. The van der Waals surface area contributed by atoms with Crippen LogP contribution in [0.15, 0.2) is 60.2 Å². The predicted octanol–water partition coefficient (Wildman–Crippen LogP) is 4.11. The van der Waals surface area contributed by atoms with Gasteiger partial charge in [0.2, 0.25) is 11.0 Å². The number of nitrogens with one attached hydrogen (secondary N) is 1. The monoisotopic (exact) mass is 403 g/mol. The van der Waals surface area contributed by atoms with Gasteiger partial charge >= 0.3 is 0 Å². The van der Waals surface area contributed by atoms with Gasteiger partial charge < -0.3 is 5.32 Å². The summed E-state index contributed by atoms with van der Waals surface area (Å²) in [6, 6.07) is 14.0. The molecule has 0 aliphatic heterocycles. The number of aromatic nitrogens is 4. The third kappa shape index (κ3) is 4.41. The van der Waals surface area contributed by atoms with E-state index in [4.69, 9.17) is 5.10 Å². The number of anilines is 1. The van der Waals surface area contributed by atoms with E-state index in [2.05, 4.69) is 34.3 Å². The predicted molar refractivity (Wildman–Crippen MR) is 115 cm³/mol. The quantitative estimate of drug-likeness (QED) is 0.526. The van der Waals surface area contributed by atoms with Gasteiger partial charge in [-0.1, -0.05) is 30.3 Å². The summed E-state index contributed by atoms with van der Waals surface area (Å²) in [5.41, 5.74) is 5.94. The number of pyridine rings is 1. The molecule has 0 aliphatic rings. The van der Waals surface area contributed by atoms with Crippen LogP contribution in [0, 0.1) is 13.8 Å². The van der Waals surface area contributed by atoms with E-state index in [9.17, 15) is 4.79 Å². The minimum atomic E-state index is -0.118. The summed E-state index contributed by atoms with van der Waals surface area (Å²) >= 11 is 1.49. The van der Waals surface area contributed by atoms with Gasteiger partial charge in [0.05, 0.1) is 29.7 Å². The third-order valence-corrected chi connectivity index (χ3v) is 5.54. The molecule has 4 rings (SSSR count). The molecule has 0 unspecified atom stereocenters. The lowest BCUT2D eigenvalue weighted by Gasteiger charge is -2.04. The first-order valence-electron chi connectivity index (χ1n) is 9.34. The molecule has 7 heteroatoms. The summed E-state index contributed by atoms with van der Waals surface area (Å²) in [5, 5.41) is 10.2. The second-order valence-corrected chi connectivity index (χ2v) is 7.65. The molecule has 0 spiro atoms. The standard InChI is InChI=1S/C22H21N5OS/c1-15-20(11-17-7-4-3-5-8-17)16(2)27(26-15)22-25-19(14-29-22)12-21(28)24-18-9-6-10-23-13-18/h3-10,13-14H,11-12H2,1-2H3,(H,24,28). The molecular weight excluding hydrogens is 382 g/mol. The number of hydrogen-bond donors (Lipinski definition) is 1. The molecule has 0 bridgehead atoms. The van der Waals surface area contributed by atoms with Crippen LogP contribution in [0.2, 0.25) is 0 Å². The van der Waals surface area contributed by atoms with E-state index in [1.165, 1.54) is 22.5 Å². The Labute approximate surface area is 173 Å². The Morgan fingerprint density at radius 2 is 1.97 bits per heavy atom. The summed E-state index contributed by atoms with van der Waals surface area (Å²) < 4.78 is 1.88. The summed E-state index contributed by atoms with van der Waals surface area (Å²) in [6.45, 7) is 4.09. The van der Waals surface area contributed by atoms with Gasteiger partial charge in [0.1, 0.15) is 0 Å². The first kappa shape index (κ1) is 19.0. The molecule has 3 heterocycles. The average molecular weight is 404 g/mol. The summed E-state index contributed by atoms with van der Waals surface area (Å²) in [7, 11) is 0. The molecule has 0 aliphatic carbocycles. The highest BCUT2D eigenvalue weighted by Gasteiger charge is 2.16. The van der Waals surface area contributed by atoms with E-state index in [1.807, 2.05) is 41.3 Å². The molecule has 1 aromatic carbocycles. The van der Waals surface area contributed by atoms with E-state index >= 15 is 0 Å². The topological polar surface area (TPSA) is 72.7 Å². The lowest BCUT2D eigenvalue weighted by Crippen LogP contribution is -2.14. The van der Waals surface area contributed by atoms with Crippen LogP contribution in [0.5, 0.6) is 0 Å². The maximum atomic E-state index is 12.3. The number of hydrogen-bond acceptors (Lipinski definition) is 5. The fourth-order valence-electron chi connectivity index (χ4n) is 3.20. The Morgan fingerprint density at radius 3 is 2.72 bits per heavy atom. The molecule has 29 heavy (non-hydrogen) atoms. The first-order valence-corrected chi connectivity index (χ1v) is 10.2. The number of carbonyl (C=O) groups is 1. The van der Waals surface area contributed by atoms with E-state index < -0.39 is 0 Å². The second-order valence-electron chi connectivity index (χ2n) is 6.81. The number of amides is 1. The van der Waals surface area contributed by atoms with Gasteiger partial charge in [-0.2, -0.15) is 5.10 Å². The van der Waals surface area contributed by atoms with Crippen molar-refractivity contribution in [2.24, 2.45) is 0 Å². The first-order chi connectivity index (χ1) is 14.1. The highest BCUT2D eigenvalue weighted by atomic mass is 32.1. The lowest BCUT2D eigenvalue weighted by atomic mass is 10.0. The van der Waals surface area contributed by atoms with Crippen molar-refractivity contribution in [3.63, 3.8) is 0 Å². The Kier molecular flexibility index (Phi) is 5.48. The number of rotatable bonds is 6. The van der Waals surface area contributed by atoms with Crippen LogP contribution < -0.4 is 5.32 Å². The van der Waals surface area contributed by atoms with Crippen LogP contribution in [0.1, 0.15) is 28.2 Å². The Hall–Kier alpha value is -3.32. The molecule has 3 aromatic heterocycles. The van der Waals surface area contributed by atoms with E-state index in [-0.39, 0.29) is 12.3 Å². The number of aryl methyl sites for hydroxylation is 1. The van der Waals surface area contributed by atoms with Crippen LogP contribution >= 0.6 is 11.3 Å². The van der Waals surface area contributed by atoms with Gasteiger partial charge in [0.25, 0.3) is 0 Å². The fraction of sp³-hybridized carbons (Fsp3) is 0.182. The Bertz CT molecular complexity index is 1120. The Balaban J connectivity index is 1.49. The van der Waals surface area contributed by atoms with Crippen molar-refractivity contribution >= 4 is 22.9 Å². The van der Waals surface area contributed by atoms with Gasteiger partial charge in [0.15, 0.2) is 0 Å². The highest BCUT2D eigenvalue weighted by molar-refractivity contribution is 7.12. The molecule has 0 atom stereocenters. The Morgan fingerprint density at radius 1 is 1.14 bits per heavy atom. The highest BCUT2D eigenvalue weighted by Crippen LogP contribution is 2.23. The third-order valence-electron chi connectivity index (χ3n) is 4.67. The van der Waals surface area contributed by atoms with Gasteiger partial charge in [-0.05, 0) is 31.5 Å². The molecule has 1 N–H and O–H groups in total. The van der Waals surface area contributed by atoms with Crippen LogP contribution in [-0.4, -0.2) is 25.7 Å². The van der Waals surface area contributed by atoms with Gasteiger partial charge in [-0.3, -0.25) is 9.78 Å². The maximum Gasteiger partial charge on any atom is 0.230 e. The van der Waals surface area contributed by atoms with Crippen molar-refractivity contribution < 1.29 is 4.79 Å². The van der Waals surface area contributed by atoms with Crippen LogP contribution in [0.25, 0.3) is 5.13 Å². The molecule has 0 saturated carbocycles. The average Bonchev–Trinajstić information content (AvgIpc) is 3.29. The molecule has 146 valence electrons. The second kappa shape index (κ2) is 8.36. The molecule has 6 nitrogen and oxygen atoms in total. The number of benzene rings is 1. The normalized spacial score (nSPS) is 10.8. The molecular formula is C22H21N5OS. The van der Waals surface area contributed by atoms with E-state index in [0.717, 1.165) is 28.6 Å². The maximum absolute atomic E-state index is 12.3. The van der Waals surface area contributed by atoms with Crippen molar-refractivity contribution in [1.29, 1.82) is 0 Å². The fourth-order valence-corrected chi connectivity index (χ4v) is 4.02. The van der Waals surface area contributed by atoms with Crippen LogP contribution in [0.3, 0.4) is 0 Å². The molecule has 0 saturated heterocycles. The minimum Gasteiger partial charge on any atom is -0.324 e. The van der Waals surface area contributed by atoms with Crippen LogP contribution in [-0.2, 0) is 17.6 Å². The summed E-state index contributed by atoms with van der Waals surface area (Å²) in [6.07, 6.45) is 4.34. The minimum absolute atomic E-state index is 0.118. The zero-order valence-corrected chi connectivity index (χ0v) is 17.1. The summed E-state index contributed by atoms with van der Waals surface area (Å²) in [4.78, 5) is 20.9. The SMILES string of the molecule is Cc1nn(-c2nc(CC(=O)Nc3cccnc3)cs2)c(C)c1Cc1ccccc1. The van der Waals surface area contributed by atoms with Crippen molar-refractivity contribution in [3.05, 3.63) is 88.4 Å². The molecule has 1 amide bonds. The largest absolute Gasteiger partial charge is 0.324 e. The van der Waals surface area contributed by atoms with Crippen molar-refractivity contribution in [2.75, 3.05) is 5.32 Å². The molecule has 4 aromatic rings. The summed E-state index contributed by atoms with van der Waals surface area (Å²) in [5.74, 6) is -0.118. The molecule has 0 radical (unpaired) electrons. The van der Waals surface area contributed by atoms with E-state index in [0.29, 0.717) is 5.69 Å². The number of carbonyl (C=O) groups excluding carboxylic acids is 1. The lowest BCUT2D eigenvalue weighted by molar-refractivity contribution is -0.115. The zero-order chi connectivity index (χ0) is 20.2. The van der Waals surface area contributed by atoms with E-state index in [1.54, 1.807) is 18.5 Å². The van der Waals surface area contributed by atoms with Crippen molar-refractivity contribution in [2.45, 2.75) is 26.7 Å². The smallest absolute Gasteiger partial charge is 0.230 e. The van der Waals surface area contributed by atoms with Crippen molar-refractivity contribution in [1.82, 2.24) is 19.7 Å².